The highest BCUT2D eigenvalue weighted by Gasteiger charge is 2.36. The van der Waals surface area contributed by atoms with E-state index >= 15 is 0 Å². The number of ether oxygens (including phenoxy) is 2. The van der Waals surface area contributed by atoms with Gasteiger partial charge < -0.3 is 15.2 Å². The molecular weight excluding hydrogens is 292 g/mol. The highest BCUT2D eigenvalue weighted by molar-refractivity contribution is 5.92. The standard InChI is InChI=1S/C18H20N2O3/c1-11(2)10-22-18(21)15-12(3)23-17(20)14(9-19)16(15)13-7-5-4-6-8-13/h4-8,11,16H,10,20H2,1-3H3/t16-/m1/s1. The quantitative estimate of drug-likeness (QED) is 0.864. The van der Waals surface area contributed by atoms with Crippen molar-refractivity contribution in [1.29, 1.82) is 5.26 Å². The normalized spacial score (nSPS) is 17.8. The Morgan fingerprint density at radius 1 is 1.39 bits per heavy atom. The summed E-state index contributed by atoms with van der Waals surface area (Å²) in [7, 11) is 0. The van der Waals surface area contributed by atoms with Gasteiger partial charge in [-0.3, -0.25) is 0 Å². The molecular formula is C18H20N2O3. The number of carbonyl (C=O) groups excluding carboxylic acids is 1. The minimum atomic E-state index is -0.574. The molecule has 5 heteroatoms. The first-order valence-corrected chi connectivity index (χ1v) is 7.46. The van der Waals surface area contributed by atoms with E-state index in [1.165, 1.54) is 0 Å². The number of nitriles is 1. The Morgan fingerprint density at radius 2 is 2.04 bits per heavy atom. The van der Waals surface area contributed by atoms with Crippen LogP contribution in [0.1, 0.15) is 32.3 Å². The predicted octanol–water partition coefficient (Wildman–Crippen LogP) is 2.97. The Kier molecular flexibility index (Phi) is 5.07. The summed E-state index contributed by atoms with van der Waals surface area (Å²) in [5, 5.41) is 9.45. The number of carbonyl (C=O) groups is 1. The Bertz CT molecular complexity index is 697. The second kappa shape index (κ2) is 7.01. The molecule has 0 unspecified atom stereocenters. The molecule has 1 aromatic rings. The molecule has 5 nitrogen and oxygen atoms in total. The van der Waals surface area contributed by atoms with Gasteiger partial charge in [-0.15, -0.1) is 0 Å². The van der Waals surface area contributed by atoms with Gasteiger partial charge in [0.1, 0.15) is 17.4 Å². The van der Waals surface area contributed by atoms with E-state index in [9.17, 15) is 10.1 Å². The SMILES string of the molecule is CC1=C(C(=O)OCC(C)C)[C@H](c2ccccc2)C(C#N)=C(N)O1. The minimum absolute atomic E-state index is 0.0271. The van der Waals surface area contributed by atoms with Gasteiger partial charge in [-0.25, -0.2) is 4.79 Å². The molecule has 0 spiro atoms. The summed E-state index contributed by atoms with van der Waals surface area (Å²) in [5.74, 6) is -0.445. The first kappa shape index (κ1) is 16.6. The number of benzene rings is 1. The molecule has 0 amide bonds. The van der Waals surface area contributed by atoms with E-state index in [1.54, 1.807) is 6.92 Å². The van der Waals surface area contributed by atoms with Crippen LogP contribution in [0.3, 0.4) is 0 Å². The van der Waals surface area contributed by atoms with Gasteiger partial charge in [0.15, 0.2) is 0 Å². The van der Waals surface area contributed by atoms with Crippen LogP contribution in [0.5, 0.6) is 0 Å². The van der Waals surface area contributed by atoms with Crippen molar-refractivity contribution in [2.75, 3.05) is 6.61 Å². The van der Waals surface area contributed by atoms with Gasteiger partial charge in [0.25, 0.3) is 0 Å². The lowest BCUT2D eigenvalue weighted by molar-refractivity contribution is -0.140. The lowest BCUT2D eigenvalue weighted by Crippen LogP contribution is -2.26. The van der Waals surface area contributed by atoms with Crippen LogP contribution in [0.25, 0.3) is 0 Å². The van der Waals surface area contributed by atoms with Gasteiger partial charge in [0, 0.05) is 0 Å². The van der Waals surface area contributed by atoms with Crippen molar-refractivity contribution in [1.82, 2.24) is 0 Å². The number of nitrogens with zero attached hydrogens (tertiary/aromatic N) is 1. The Balaban J connectivity index is 2.47. The van der Waals surface area contributed by atoms with Gasteiger partial charge in [-0.05, 0) is 18.4 Å². The third-order valence-corrected chi connectivity index (χ3v) is 3.51. The third kappa shape index (κ3) is 3.54. The average Bonchev–Trinajstić information content (AvgIpc) is 2.52. The zero-order valence-electron chi connectivity index (χ0n) is 13.5. The number of hydrogen-bond donors (Lipinski definition) is 1. The largest absolute Gasteiger partial charge is 0.462 e. The number of rotatable bonds is 4. The maximum absolute atomic E-state index is 12.5. The van der Waals surface area contributed by atoms with Crippen LogP contribution in [0.2, 0.25) is 0 Å². The highest BCUT2D eigenvalue weighted by Crippen LogP contribution is 2.39. The second-order valence-electron chi connectivity index (χ2n) is 5.80. The average molecular weight is 312 g/mol. The van der Waals surface area contributed by atoms with Crippen LogP contribution >= 0.6 is 0 Å². The summed E-state index contributed by atoms with van der Waals surface area (Å²) in [6.07, 6.45) is 0. The van der Waals surface area contributed by atoms with Crippen molar-refractivity contribution in [3.8, 4) is 6.07 Å². The maximum atomic E-state index is 12.5. The summed E-state index contributed by atoms with van der Waals surface area (Å²) < 4.78 is 10.7. The Morgan fingerprint density at radius 3 is 2.61 bits per heavy atom. The van der Waals surface area contributed by atoms with Crippen LogP contribution in [0.15, 0.2) is 53.1 Å². The first-order chi connectivity index (χ1) is 11.0. The van der Waals surface area contributed by atoms with Crippen LogP contribution < -0.4 is 5.73 Å². The minimum Gasteiger partial charge on any atom is -0.462 e. The van der Waals surface area contributed by atoms with Crippen LogP contribution in [-0.2, 0) is 14.3 Å². The molecule has 2 rings (SSSR count). The Labute approximate surface area is 136 Å². The molecule has 0 radical (unpaired) electrons. The number of nitrogens with two attached hydrogens (primary N) is 1. The van der Waals surface area contributed by atoms with Gasteiger partial charge in [0.2, 0.25) is 5.88 Å². The van der Waals surface area contributed by atoms with Crippen molar-refractivity contribution in [3.05, 3.63) is 58.7 Å². The highest BCUT2D eigenvalue weighted by atomic mass is 16.5. The summed E-state index contributed by atoms with van der Waals surface area (Å²) in [4.78, 5) is 12.5. The van der Waals surface area contributed by atoms with Crippen molar-refractivity contribution >= 4 is 5.97 Å². The summed E-state index contributed by atoms with van der Waals surface area (Å²) in [6.45, 7) is 5.87. The van der Waals surface area contributed by atoms with E-state index in [0.29, 0.717) is 17.9 Å². The van der Waals surface area contributed by atoms with E-state index < -0.39 is 11.9 Å². The molecule has 1 atom stereocenters. The fraction of sp³-hybridized carbons (Fsp3) is 0.333. The van der Waals surface area contributed by atoms with Gasteiger partial charge in [-0.1, -0.05) is 44.2 Å². The molecule has 0 bridgehead atoms. The van der Waals surface area contributed by atoms with E-state index in [-0.39, 0.29) is 17.4 Å². The van der Waals surface area contributed by atoms with E-state index in [0.717, 1.165) is 5.56 Å². The third-order valence-electron chi connectivity index (χ3n) is 3.51. The number of allylic oxidation sites excluding steroid dienone is 2. The van der Waals surface area contributed by atoms with Gasteiger partial charge >= 0.3 is 5.97 Å². The lowest BCUT2D eigenvalue weighted by Gasteiger charge is -2.27. The van der Waals surface area contributed by atoms with Crippen LogP contribution in [-0.4, -0.2) is 12.6 Å². The molecule has 0 saturated heterocycles. The molecule has 2 N–H and O–H groups in total. The molecule has 0 aliphatic carbocycles. The van der Waals surface area contributed by atoms with E-state index in [1.807, 2.05) is 44.2 Å². The molecule has 120 valence electrons. The summed E-state index contributed by atoms with van der Waals surface area (Å²) >= 11 is 0. The first-order valence-electron chi connectivity index (χ1n) is 7.46. The fourth-order valence-electron chi connectivity index (χ4n) is 2.44. The monoisotopic (exact) mass is 312 g/mol. The zero-order chi connectivity index (χ0) is 17.0. The van der Waals surface area contributed by atoms with E-state index in [4.69, 9.17) is 15.2 Å². The molecule has 1 heterocycles. The van der Waals surface area contributed by atoms with Crippen LogP contribution in [0.4, 0.5) is 0 Å². The molecule has 0 saturated carbocycles. The van der Waals surface area contributed by atoms with Crippen molar-refractivity contribution in [2.45, 2.75) is 26.7 Å². The molecule has 23 heavy (non-hydrogen) atoms. The molecule has 0 aromatic heterocycles. The lowest BCUT2D eigenvalue weighted by atomic mass is 9.83. The number of hydrogen-bond acceptors (Lipinski definition) is 5. The second-order valence-corrected chi connectivity index (χ2v) is 5.80. The van der Waals surface area contributed by atoms with Crippen molar-refractivity contribution in [2.24, 2.45) is 11.7 Å². The summed E-state index contributed by atoms with van der Waals surface area (Å²) in [5.41, 5.74) is 7.18. The van der Waals surface area contributed by atoms with Crippen LogP contribution in [0, 0.1) is 17.2 Å². The topological polar surface area (TPSA) is 85.3 Å². The Hall–Kier alpha value is -2.74. The molecule has 0 fully saturated rings. The number of esters is 1. The predicted molar refractivity (Wildman–Crippen MR) is 85.6 cm³/mol. The van der Waals surface area contributed by atoms with E-state index in [2.05, 4.69) is 6.07 Å². The molecule has 1 aliphatic rings. The molecule has 1 aliphatic heterocycles. The van der Waals surface area contributed by atoms with Gasteiger partial charge in [0.05, 0.1) is 18.1 Å². The smallest absolute Gasteiger partial charge is 0.338 e. The van der Waals surface area contributed by atoms with Crippen molar-refractivity contribution < 1.29 is 14.3 Å². The zero-order valence-corrected chi connectivity index (χ0v) is 13.5. The van der Waals surface area contributed by atoms with Gasteiger partial charge in [-0.2, -0.15) is 5.26 Å². The fourth-order valence-corrected chi connectivity index (χ4v) is 2.44. The van der Waals surface area contributed by atoms with Crippen molar-refractivity contribution in [3.63, 3.8) is 0 Å². The maximum Gasteiger partial charge on any atom is 0.338 e. The summed E-state index contributed by atoms with van der Waals surface area (Å²) in [6, 6.07) is 11.3. The molecule has 1 aromatic carbocycles.